The van der Waals surface area contributed by atoms with Gasteiger partial charge in [0.05, 0.1) is 11.2 Å². The summed E-state index contributed by atoms with van der Waals surface area (Å²) in [6.07, 6.45) is 4.37. The first-order valence-electron chi connectivity index (χ1n) is 8.30. The third-order valence-electron chi connectivity index (χ3n) is 5.14. The average molecular weight is 336 g/mol. The molecule has 0 spiro atoms. The Hall–Kier alpha value is -1.49. The predicted octanol–water partition coefficient (Wildman–Crippen LogP) is 4.62. The van der Waals surface area contributed by atoms with Crippen LogP contribution in [0.1, 0.15) is 38.8 Å². The molecule has 0 bridgehead atoms. The third-order valence-corrected chi connectivity index (χ3v) is 6.32. The summed E-state index contributed by atoms with van der Waals surface area (Å²) in [5.41, 5.74) is 2.92. The molecule has 2 aromatic carbocycles. The van der Waals surface area contributed by atoms with Crippen LogP contribution in [0.4, 0.5) is 0 Å². The van der Waals surface area contributed by atoms with Crippen molar-refractivity contribution in [2.24, 2.45) is 0 Å². The molecular weight excluding hydrogens is 315 g/mol. The molecule has 4 rings (SSSR count). The van der Waals surface area contributed by atoms with E-state index in [1.165, 1.54) is 20.9 Å². The number of hydrogen-bond acceptors (Lipinski definition) is 3. The lowest BCUT2D eigenvalue weighted by molar-refractivity contribution is 0.00578. The molecule has 0 aromatic heterocycles. The Kier molecular flexibility index (Phi) is 3.68. The second-order valence-electron chi connectivity index (χ2n) is 7.36. The zero-order valence-electron chi connectivity index (χ0n) is 14.5. The molecule has 0 N–H and O–H groups in total. The van der Waals surface area contributed by atoms with Crippen molar-refractivity contribution in [2.45, 2.75) is 48.7 Å². The summed E-state index contributed by atoms with van der Waals surface area (Å²) in [5.74, 6) is 0. The first-order chi connectivity index (χ1) is 11.4. The van der Waals surface area contributed by atoms with Crippen molar-refractivity contribution in [1.29, 1.82) is 0 Å². The highest BCUT2D eigenvalue weighted by Gasteiger charge is 2.51. The number of hydrogen-bond donors (Lipinski definition) is 0. The fraction of sp³-hybridized carbons (Fsp3) is 0.300. The zero-order chi connectivity index (χ0) is 16.9. The molecule has 4 heteroatoms. The maximum absolute atomic E-state index is 6.18. The molecule has 2 aromatic rings. The van der Waals surface area contributed by atoms with Crippen LogP contribution in [-0.2, 0) is 9.31 Å². The van der Waals surface area contributed by atoms with Crippen molar-refractivity contribution in [2.75, 3.05) is 0 Å². The summed E-state index contributed by atoms with van der Waals surface area (Å²) in [6, 6.07) is 15.0. The number of rotatable bonds is 1. The van der Waals surface area contributed by atoms with Gasteiger partial charge in [0.15, 0.2) is 0 Å². The van der Waals surface area contributed by atoms with Gasteiger partial charge in [-0.1, -0.05) is 54.2 Å². The van der Waals surface area contributed by atoms with Gasteiger partial charge in [0.25, 0.3) is 0 Å². The number of fused-ring (bicyclic) bond motifs is 2. The Labute approximate surface area is 148 Å². The van der Waals surface area contributed by atoms with Gasteiger partial charge in [0.1, 0.15) is 0 Å². The third kappa shape index (κ3) is 2.63. The highest BCUT2D eigenvalue weighted by molar-refractivity contribution is 7.99. The molecule has 2 nitrogen and oxygen atoms in total. The Morgan fingerprint density at radius 1 is 0.792 bits per heavy atom. The van der Waals surface area contributed by atoms with Crippen molar-refractivity contribution in [3.8, 4) is 0 Å². The van der Waals surface area contributed by atoms with Crippen LogP contribution in [0, 0.1) is 0 Å². The van der Waals surface area contributed by atoms with Crippen LogP contribution >= 0.6 is 11.8 Å². The number of benzene rings is 2. The fourth-order valence-corrected chi connectivity index (χ4v) is 3.94. The maximum Gasteiger partial charge on any atom is 0.494 e. The van der Waals surface area contributed by atoms with E-state index < -0.39 is 0 Å². The molecule has 0 unspecified atom stereocenters. The van der Waals surface area contributed by atoms with Crippen LogP contribution in [0.3, 0.4) is 0 Å². The SMILES string of the molecule is CC1(C)OB(c2ccc3c(c2)C=Cc2ccccc2S3)OC1(C)C. The van der Waals surface area contributed by atoms with Crippen LogP contribution in [-0.4, -0.2) is 18.3 Å². The Morgan fingerprint density at radius 2 is 1.42 bits per heavy atom. The van der Waals surface area contributed by atoms with Gasteiger partial charge in [0.2, 0.25) is 0 Å². The lowest BCUT2D eigenvalue weighted by Crippen LogP contribution is -2.41. The molecule has 24 heavy (non-hydrogen) atoms. The van der Waals surface area contributed by atoms with E-state index in [2.05, 4.69) is 82.3 Å². The largest absolute Gasteiger partial charge is 0.494 e. The molecular formula is C20H21BO2S. The van der Waals surface area contributed by atoms with Gasteiger partial charge in [0, 0.05) is 9.79 Å². The monoisotopic (exact) mass is 336 g/mol. The Balaban J connectivity index is 1.68. The van der Waals surface area contributed by atoms with Crippen LogP contribution in [0.15, 0.2) is 52.3 Å². The van der Waals surface area contributed by atoms with Gasteiger partial charge < -0.3 is 9.31 Å². The summed E-state index contributed by atoms with van der Waals surface area (Å²) in [6.45, 7) is 8.34. The van der Waals surface area contributed by atoms with Crippen LogP contribution in [0.5, 0.6) is 0 Å². The molecule has 0 aliphatic carbocycles. The minimum absolute atomic E-state index is 0.314. The van der Waals surface area contributed by atoms with Crippen molar-refractivity contribution in [1.82, 2.24) is 0 Å². The van der Waals surface area contributed by atoms with Crippen LogP contribution in [0.25, 0.3) is 12.2 Å². The molecule has 2 heterocycles. The molecule has 0 amide bonds. The quantitative estimate of drug-likeness (QED) is 0.604. The molecule has 2 aliphatic rings. The summed E-state index contributed by atoms with van der Waals surface area (Å²) in [5, 5.41) is 0. The molecule has 1 saturated heterocycles. The van der Waals surface area contributed by atoms with Gasteiger partial charge >= 0.3 is 7.12 Å². The average Bonchev–Trinajstić information content (AvgIpc) is 2.68. The van der Waals surface area contributed by atoms with Gasteiger partial charge in [-0.2, -0.15) is 0 Å². The topological polar surface area (TPSA) is 18.5 Å². The van der Waals surface area contributed by atoms with E-state index in [4.69, 9.17) is 9.31 Å². The molecule has 0 radical (unpaired) electrons. The van der Waals surface area contributed by atoms with Gasteiger partial charge in [-0.25, -0.2) is 0 Å². The standard InChI is InChI=1S/C20H21BO2S/c1-19(2)20(3,4)23-21(22-19)16-11-12-18-15(13-16)10-9-14-7-5-6-8-17(14)24-18/h5-13H,1-4H3. The van der Waals surface area contributed by atoms with E-state index in [-0.39, 0.29) is 18.3 Å². The van der Waals surface area contributed by atoms with Crippen LogP contribution in [0.2, 0.25) is 0 Å². The van der Waals surface area contributed by atoms with Crippen molar-refractivity contribution < 1.29 is 9.31 Å². The summed E-state index contributed by atoms with van der Waals surface area (Å²) < 4.78 is 12.4. The van der Waals surface area contributed by atoms with E-state index in [0.717, 1.165) is 5.46 Å². The lowest BCUT2D eigenvalue weighted by atomic mass is 9.78. The van der Waals surface area contributed by atoms with Crippen molar-refractivity contribution in [3.05, 3.63) is 53.6 Å². The first kappa shape index (κ1) is 16.0. The minimum Gasteiger partial charge on any atom is -0.399 e. The summed E-state index contributed by atoms with van der Waals surface area (Å²) >= 11 is 1.81. The second-order valence-corrected chi connectivity index (χ2v) is 8.44. The van der Waals surface area contributed by atoms with E-state index >= 15 is 0 Å². The summed E-state index contributed by atoms with van der Waals surface area (Å²) in [4.78, 5) is 2.55. The highest BCUT2D eigenvalue weighted by atomic mass is 32.2. The Bertz CT molecular complexity index is 810. The first-order valence-corrected chi connectivity index (χ1v) is 9.12. The van der Waals surface area contributed by atoms with Crippen molar-refractivity contribution >= 4 is 36.5 Å². The zero-order valence-corrected chi connectivity index (χ0v) is 15.3. The van der Waals surface area contributed by atoms with Crippen molar-refractivity contribution in [3.63, 3.8) is 0 Å². The molecule has 2 aliphatic heterocycles. The molecule has 0 saturated carbocycles. The minimum atomic E-state index is -0.315. The molecule has 0 atom stereocenters. The van der Waals surface area contributed by atoms with Gasteiger partial charge in [-0.3, -0.25) is 0 Å². The maximum atomic E-state index is 6.18. The highest BCUT2D eigenvalue weighted by Crippen LogP contribution is 2.39. The smallest absolute Gasteiger partial charge is 0.399 e. The fourth-order valence-electron chi connectivity index (χ4n) is 2.93. The van der Waals surface area contributed by atoms with E-state index in [1.54, 1.807) is 0 Å². The van der Waals surface area contributed by atoms with Crippen LogP contribution < -0.4 is 5.46 Å². The summed E-state index contributed by atoms with van der Waals surface area (Å²) in [7, 11) is -0.315. The second kappa shape index (κ2) is 5.52. The van der Waals surface area contributed by atoms with Gasteiger partial charge in [-0.05, 0) is 56.4 Å². The van der Waals surface area contributed by atoms with E-state index in [0.29, 0.717) is 0 Å². The lowest BCUT2D eigenvalue weighted by Gasteiger charge is -2.32. The molecule has 122 valence electrons. The normalized spacial score (nSPS) is 20.4. The van der Waals surface area contributed by atoms with E-state index in [1.807, 2.05) is 11.8 Å². The van der Waals surface area contributed by atoms with E-state index in [9.17, 15) is 0 Å². The van der Waals surface area contributed by atoms with Gasteiger partial charge in [-0.15, -0.1) is 0 Å². The predicted molar refractivity (Wildman–Crippen MR) is 102 cm³/mol. The Morgan fingerprint density at radius 3 is 2.17 bits per heavy atom. The molecule has 1 fully saturated rings.